The molecule has 2 heterocycles. The summed E-state index contributed by atoms with van der Waals surface area (Å²) in [7, 11) is 0. The molecule has 19 heavy (non-hydrogen) atoms. The third-order valence-corrected chi connectivity index (χ3v) is 3.04. The summed E-state index contributed by atoms with van der Waals surface area (Å²) in [6.07, 6.45) is 2.29. The molecule has 5 nitrogen and oxygen atoms in total. The maximum absolute atomic E-state index is 12.2. The maximum atomic E-state index is 12.2. The second-order valence-electron chi connectivity index (χ2n) is 4.21. The Morgan fingerprint density at radius 1 is 1.42 bits per heavy atom. The number of anilines is 1. The predicted molar refractivity (Wildman–Crippen MR) is 64.3 cm³/mol. The zero-order chi connectivity index (χ0) is 13.2. The normalized spacial score (nSPS) is 17.9. The van der Waals surface area contributed by atoms with Gasteiger partial charge in [0, 0.05) is 6.54 Å². The van der Waals surface area contributed by atoms with Gasteiger partial charge < -0.3 is 10.1 Å². The van der Waals surface area contributed by atoms with Crippen LogP contribution in [0.25, 0.3) is 0 Å². The Bertz CT molecular complexity index is 572. The van der Waals surface area contributed by atoms with Crippen molar-refractivity contribution in [1.82, 2.24) is 14.8 Å². The summed E-state index contributed by atoms with van der Waals surface area (Å²) in [5.74, 6) is 0.851. The van der Waals surface area contributed by atoms with Crippen LogP contribution in [-0.4, -0.2) is 27.9 Å². The highest BCUT2D eigenvalue weighted by molar-refractivity contribution is 5.35. The smallest absolute Gasteiger partial charge is 0.387 e. The van der Waals surface area contributed by atoms with Crippen LogP contribution < -0.4 is 10.1 Å². The fraction of sp³-hybridized carbons (Fsp3) is 0.333. The average Bonchev–Trinajstić information content (AvgIpc) is 2.86. The molecule has 0 fully saturated rings. The molecule has 1 aromatic heterocycles. The summed E-state index contributed by atoms with van der Waals surface area (Å²) in [5.41, 5.74) is 0.881. The van der Waals surface area contributed by atoms with Gasteiger partial charge in [0.05, 0.1) is 6.04 Å². The Hall–Kier alpha value is -2.18. The van der Waals surface area contributed by atoms with Crippen molar-refractivity contribution in [3.8, 4) is 5.75 Å². The zero-order valence-corrected chi connectivity index (χ0v) is 9.96. The molecule has 0 spiro atoms. The van der Waals surface area contributed by atoms with E-state index in [1.165, 1.54) is 12.4 Å². The molecule has 0 saturated heterocycles. The third-order valence-electron chi connectivity index (χ3n) is 3.04. The second-order valence-corrected chi connectivity index (χ2v) is 4.21. The van der Waals surface area contributed by atoms with E-state index >= 15 is 0 Å². The molecule has 0 aliphatic carbocycles. The highest BCUT2D eigenvalue weighted by Gasteiger charge is 2.22. The van der Waals surface area contributed by atoms with E-state index in [2.05, 4.69) is 20.1 Å². The van der Waals surface area contributed by atoms with E-state index in [1.807, 2.05) is 6.07 Å². The summed E-state index contributed by atoms with van der Waals surface area (Å²) in [4.78, 5) is 4.09. The zero-order valence-electron chi connectivity index (χ0n) is 9.96. The monoisotopic (exact) mass is 266 g/mol. The third kappa shape index (κ3) is 2.35. The lowest BCUT2D eigenvalue weighted by Crippen LogP contribution is -2.24. The van der Waals surface area contributed by atoms with Crippen molar-refractivity contribution in [3.05, 3.63) is 36.2 Å². The van der Waals surface area contributed by atoms with Crippen LogP contribution in [0.2, 0.25) is 0 Å². The molecule has 1 aliphatic rings. The molecule has 1 unspecified atom stereocenters. The van der Waals surface area contributed by atoms with E-state index in [1.54, 1.807) is 16.8 Å². The number of nitrogens with zero attached hydrogens (tertiary/aromatic N) is 3. The lowest BCUT2D eigenvalue weighted by atomic mass is 10.0. The van der Waals surface area contributed by atoms with Crippen LogP contribution in [0.4, 0.5) is 14.7 Å². The van der Waals surface area contributed by atoms with E-state index < -0.39 is 6.61 Å². The topological polar surface area (TPSA) is 52.0 Å². The molecule has 0 amide bonds. The molecular weight excluding hydrogens is 254 g/mol. The van der Waals surface area contributed by atoms with Crippen LogP contribution in [-0.2, 0) is 0 Å². The quantitative estimate of drug-likeness (QED) is 0.926. The lowest BCUT2D eigenvalue weighted by molar-refractivity contribution is -0.0499. The SMILES string of the molecule is FC(F)Oc1cccc(C2CCNc3ncnn32)c1. The van der Waals surface area contributed by atoms with Crippen LogP contribution in [0.1, 0.15) is 18.0 Å². The molecule has 7 heteroatoms. The first-order valence-electron chi connectivity index (χ1n) is 5.92. The van der Waals surface area contributed by atoms with Gasteiger partial charge in [0.15, 0.2) is 0 Å². The molecule has 2 aromatic rings. The van der Waals surface area contributed by atoms with Gasteiger partial charge in [-0.15, -0.1) is 0 Å². The minimum atomic E-state index is -2.81. The largest absolute Gasteiger partial charge is 0.435 e. The molecule has 0 bridgehead atoms. The van der Waals surface area contributed by atoms with Crippen molar-refractivity contribution in [1.29, 1.82) is 0 Å². The van der Waals surface area contributed by atoms with Crippen molar-refractivity contribution in [2.24, 2.45) is 0 Å². The highest BCUT2D eigenvalue weighted by atomic mass is 19.3. The molecule has 0 radical (unpaired) electrons. The van der Waals surface area contributed by atoms with Crippen molar-refractivity contribution in [2.45, 2.75) is 19.1 Å². The fourth-order valence-corrected chi connectivity index (χ4v) is 2.25. The lowest BCUT2D eigenvalue weighted by Gasteiger charge is -2.25. The Morgan fingerprint density at radius 2 is 2.32 bits per heavy atom. The van der Waals surface area contributed by atoms with Crippen molar-refractivity contribution < 1.29 is 13.5 Å². The van der Waals surface area contributed by atoms with Crippen LogP contribution in [0.5, 0.6) is 5.75 Å². The van der Waals surface area contributed by atoms with Crippen molar-refractivity contribution in [3.63, 3.8) is 0 Å². The predicted octanol–water partition coefficient (Wildman–Crippen LogP) is 2.28. The number of alkyl halides is 2. The molecular formula is C12H12F2N4O. The summed E-state index contributed by atoms with van der Waals surface area (Å²) in [5, 5.41) is 7.29. The van der Waals surface area contributed by atoms with Crippen LogP contribution in [0.15, 0.2) is 30.6 Å². The summed E-state index contributed by atoms with van der Waals surface area (Å²) in [6, 6.07) is 6.69. The van der Waals surface area contributed by atoms with Gasteiger partial charge in [-0.2, -0.15) is 18.9 Å². The maximum Gasteiger partial charge on any atom is 0.387 e. The first-order chi connectivity index (χ1) is 9.24. The minimum absolute atomic E-state index is 0.0139. The molecule has 0 saturated carbocycles. The Labute approximate surface area is 108 Å². The fourth-order valence-electron chi connectivity index (χ4n) is 2.25. The molecule has 1 aliphatic heterocycles. The molecule has 1 N–H and O–H groups in total. The number of benzene rings is 1. The van der Waals surface area contributed by atoms with Crippen LogP contribution >= 0.6 is 0 Å². The molecule has 1 aromatic carbocycles. The van der Waals surface area contributed by atoms with Gasteiger partial charge in [0.2, 0.25) is 5.95 Å². The van der Waals surface area contributed by atoms with Crippen LogP contribution in [0.3, 0.4) is 0 Å². The number of aromatic nitrogens is 3. The van der Waals surface area contributed by atoms with Crippen LogP contribution in [0, 0.1) is 0 Å². The first-order valence-corrected chi connectivity index (χ1v) is 5.92. The Balaban J connectivity index is 1.91. The summed E-state index contributed by atoms with van der Waals surface area (Å²) >= 11 is 0. The summed E-state index contributed by atoms with van der Waals surface area (Å²) in [6.45, 7) is -2.05. The number of hydrogen-bond donors (Lipinski definition) is 1. The van der Waals surface area contributed by atoms with Gasteiger partial charge in [-0.05, 0) is 24.1 Å². The van der Waals surface area contributed by atoms with Gasteiger partial charge in [-0.25, -0.2) is 4.68 Å². The van der Waals surface area contributed by atoms with E-state index in [0.717, 1.165) is 18.5 Å². The Kier molecular flexibility index (Phi) is 3.02. The first kappa shape index (κ1) is 11.9. The van der Waals surface area contributed by atoms with E-state index in [9.17, 15) is 8.78 Å². The molecule has 1 atom stereocenters. The number of rotatable bonds is 3. The Morgan fingerprint density at radius 3 is 3.16 bits per heavy atom. The van der Waals surface area contributed by atoms with Gasteiger partial charge in [-0.1, -0.05) is 12.1 Å². The number of fused-ring (bicyclic) bond motifs is 1. The molecule has 3 rings (SSSR count). The van der Waals surface area contributed by atoms with E-state index in [0.29, 0.717) is 5.95 Å². The molecule has 100 valence electrons. The second kappa shape index (κ2) is 4.83. The number of hydrogen-bond acceptors (Lipinski definition) is 4. The number of halogens is 2. The van der Waals surface area contributed by atoms with Crippen molar-refractivity contribution >= 4 is 5.95 Å². The average molecular weight is 266 g/mol. The number of nitrogens with one attached hydrogen (secondary N) is 1. The van der Waals surface area contributed by atoms with Gasteiger partial charge >= 0.3 is 6.61 Å². The minimum Gasteiger partial charge on any atom is -0.435 e. The number of ether oxygens (including phenoxy) is 1. The standard InChI is InChI=1S/C12H12F2N4O/c13-11(14)19-9-3-1-2-8(6-9)10-4-5-15-12-16-7-17-18(10)12/h1-3,6-7,10-11H,4-5H2,(H,15,16,17). The van der Waals surface area contributed by atoms with Crippen molar-refractivity contribution in [2.75, 3.05) is 11.9 Å². The van der Waals surface area contributed by atoms with Gasteiger partial charge in [0.1, 0.15) is 12.1 Å². The highest BCUT2D eigenvalue weighted by Crippen LogP contribution is 2.29. The van der Waals surface area contributed by atoms with E-state index in [-0.39, 0.29) is 11.8 Å². The van der Waals surface area contributed by atoms with Gasteiger partial charge in [-0.3, -0.25) is 0 Å². The summed E-state index contributed by atoms with van der Waals surface area (Å²) < 4.78 is 30.6. The van der Waals surface area contributed by atoms with Gasteiger partial charge in [0.25, 0.3) is 0 Å². The van der Waals surface area contributed by atoms with E-state index in [4.69, 9.17) is 0 Å².